The minimum Gasteiger partial charge on any atom is -0.441 e. The molecule has 4 rings (SSSR count). The van der Waals surface area contributed by atoms with Crippen LogP contribution in [0.2, 0.25) is 0 Å². The van der Waals surface area contributed by atoms with E-state index in [2.05, 4.69) is 41.4 Å². The maximum Gasteiger partial charge on any atom is 0.412 e. The lowest BCUT2D eigenvalue weighted by molar-refractivity contribution is 0.00917. The lowest BCUT2D eigenvalue weighted by Crippen LogP contribution is -2.38. The highest BCUT2D eigenvalue weighted by Crippen LogP contribution is 2.31. The van der Waals surface area contributed by atoms with Gasteiger partial charge in [-0.2, -0.15) is 0 Å². The summed E-state index contributed by atoms with van der Waals surface area (Å²) in [5.74, 6) is 0.543. The van der Waals surface area contributed by atoms with Crippen LogP contribution in [-0.4, -0.2) is 53.6 Å². The molecule has 2 fully saturated rings. The predicted octanol–water partition coefficient (Wildman–Crippen LogP) is 3.28. The fraction of sp³-hybridized carbons (Fsp3) is 0.500. The van der Waals surface area contributed by atoms with E-state index in [9.17, 15) is 4.79 Å². The zero-order chi connectivity index (χ0) is 21.3. The monoisotopic (exact) mass is 412 g/mol. The van der Waals surface area contributed by atoms with Crippen LogP contribution in [0.15, 0.2) is 36.5 Å². The first kappa shape index (κ1) is 20.6. The van der Waals surface area contributed by atoms with E-state index in [0.29, 0.717) is 18.2 Å². The SMILES string of the molecule is Cc1ccc(NC(=O)O[C@@H]2CO[C@H]3[C@@H]2OC[C@@H]3Nc2nccc(C(C)(C)C)n2)cc1. The summed E-state index contributed by atoms with van der Waals surface area (Å²) in [6.07, 6.45) is 0.213. The normalized spacial score (nSPS) is 25.6. The molecule has 0 saturated carbocycles. The Balaban J connectivity index is 1.34. The highest BCUT2D eigenvalue weighted by molar-refractivity contribution is 5.84. The number of aromatic nitrogens is 2. The Morgan fingerprint density at radius 3 is 2.57 bits per heavy atom. The van der Waals surface area contributed by atoms with Gasteiger partial charge in [-0.1, -0.05) is 38.5 Å². The van der Waals surface area contributed by atoms with Gasteiger partial charge in [0.15, 0.2) is 6.10 Å². The number of carbonyl (C=O) groups excluding carboxylic acids is 1. The Bertz CT molecular complexity index is 897. The van der Waals surface area contributed by atoms with Crippen LogP contribution in [0.4, 0.5) is 16.4 Å². The van der Waals surface area contributed by atoms with Gasteiger partial charge in [-0.15, -0.1) is 0 Å². The van der Waals surface area contributed by atoms with E-state index in [4.69, 9.17) is 14.2 Å². The third kappa shape index (κ3) is 4.55. The molecule has 0 aliphatic carbocycles. The number of fused-ring (bicyclic) bond motifs is 1. The number of anilines is 2. The summed E-state index contributed by atoms with van der Waals surface area (Å²) in [7, 11) is 0. The van der Waals surface area contributed by atoms with Gasteiger partial charge in [-0.05, 0) is 25.1 Å². The molecule has 1 aromatic carbocycles. The number of rotatable bonds is 4. The van der Waals surface area contributed by atoms with Crippen LogP contribution in [0.3, 0.4) is 0 Å². The van der Waals surface area contributed by atoms with E-state index in [1.54, 1.807) is 6.20 Å². The van der Waals surface area contributed by atoms with E-state index in [1.165, 1.54) is 0 Å². The van der Waals surface area contributed by atoms with Crippen molar-refractivity contribution in [1.82, 2.24) is 9.97 Å². The molecule has 2 aliphatic heterocycles. The molecule has 2 N–H and O–H groups in total. The molecule has 4 atom stereocenters. The maximum absolute atomic E-state index is 12.3. The Morgan fingerprint density at radius 2 is 1.83 bits per heavy atom. The first-order valence-electron chi connectivity index (χ1n) is 10.2. The second kappa shape index (κ2) is 8.20. The molecular formula is C22H28N4O4. The van der Waals surface area contributed by atoms with Gasteiger partial charge in [0.05, 0.1) is 24.9 Å². The van der Waals surface area contributed by atoms with Crippen molar-refractivity contribution in [1.29, 1.82) is 0 Å². The van der Waals surface area contributed by atoms with Crippen molar-refractivity contribution in [3.63, 3.8) is 0 Å². The Hall–Kier alpha value is -2.71. The molecule has 0 bridgehead atoms. The topological polar surface area (TPSA) is 94.6 Å². The number of nitrogens with zero attached hydrogens (tertiary/aromatic N) is 2. The quantitative estimate of drug-likeness (QED) is 0.796. The first-order valence-corrected chi connectivity index (χ1v) is 10.2. The van der Waals surface area contributed by atoms with Crippen LogP contribution in [0, 0.1) is 6.92 Å². The van der Waals surface area contributed by atoms with Crippen molar-refractivity contribution < 1.29 is 19.0 Å². The molecule has 1 amide bonds. The molecule has 2 aromatic rings. The van der Waals surface area contributed by atoms with Crippen molar-refractivity contribution in [2.45, 2.75) is 57.5 Å². The van der Waals surface area contributed by atoms with E-state index in [-0.39, 0.29) is 30.3 Å². The summed E-state index contributed by atoms with van der Waals surface area (Å²) in [6.45, 7) is 9.03. The van der Waals surface area contributed by atoms with Gasteiger partial charge in [0.25, 0.3) is 0 Å². The average Bonchev–Trinajstić information content (AvgIpc) is 3.27. The van der Waals surface area contributed by atoms with Gasteiger partial charge >= 0.3 is 6.09 Å². The van der Waals surface area contributed by atoms with Crippen LogP contribution in [-0.2, 0) is 19.6 Å². The van der Waals surface area contributed by atoms with E-state index >= 15 is 0 Å². The Kier molecular flexibility index (Phi) is 5.62. The van der Waals surface area contributed by atoms with E-state index in [1.807, 2.05) is 37.3 Å². The number of ether oxygens (including phenoxy) is 3. The summed E-state index contributed by atoms with van der Waals surface area (Å²) in [6, 6.07) is 9.33. The number of hydrogen-bond donors (Lipinski definition) is 2. The Labute approximate surface area is 176 Å². The molecule has 0 unspecified atom stereocenters. The largest absolute Gasteiger partial charge is 0.441 e. The summed E-state index contributed by atoms with van der Waals surface area (Å²) < 4.78 is 17.3. The Morgan fingerprint density at radius 1 is 1.10 bits per heavy atom. The maximum atomic E-state index is 12.3. The molecule has 0 spiro atoms. The van der Waals surface area contributed by atoms with Crippen LogP contribution >= 0.6 is 0 Å². The fourth-order valence-electron chi connectivity index (χ4n) is 3.62. The zero-order valence-electron chi connectivity index (χ0n) is 17.7. The van der Waals surface area contributed by atoms with E-state index in [0.717, 1.165) is 11.3 Å². The second-order valence-electron chi connectivity index (χ2n) is 8.80. The van der Waals surface area contributed by atoms with Gasteiger partial charge in [0, 0.05) is 17.3 Å². The van der Waals surface area contributed by atoms with Crippen LogP contribution in [0.25, 0.3) is 0 Å². The number of hydrogen-bond acceptors (Lipinski definition) is 7. The fourth-order valence-corrected chi connectivity index (χ4v) is 3.62. The van der Waals surface area contributed by atoms with Gasteiger partial charge in [0.1, 0.15) is 12.2 Å². The predicted molar refractivity (Wildman–Crippen MR) is 113 cm³/mol. The van der Waals surface area contributed by atoms with Gasteiger partial charge in [-0.3, -0.25) is 5.32 Å². The molecular weight excluding hydrogens is 384 g/mol. The van der Waals surface area contributed by atoms with Crippen molar-refractivity contribution in [3.8, 4) is 0 Å². The molecule has 8 nitrogen and oxygen atoms in total. The number of carbonyl (C=O) groups is 1. The minimum absolute atomic E-state index is 0.0678. The highest BCUT2D eigenvalue weighted by Gasteiger charge is 2.49. The molecule has 3 heterocycles. The lowest BCUT2D eigenvalue weighted by Gasteiger charge is -2.20. The standard InChI is InChI=1S/C22H28N4O4/c1-13-5-7-14(8-6-13)24-21(27)30-16-12-29-18-15(11-28-19(16)18)25-20-23-10-9-17(26-20)22(2,3)4/h5-10,15-16,18-19H,11-12H2,1-4H3,(H,24,27)(H,23,25,26)/t15-,16+,18+,19+/m0/s1. The summed E-state index contributed by atoms with van der Waals surface area (Å²) in [5, 5.41) is 6.05. The van der Waals surface area contributed by atoms with Crippen LogP contribution < -0.4 is 10.6 Å². The van der Waals surface area contributed by atoms with Crippen LogP contribution in [0.1, 0.15) is 32.0 Å². The molecule has 30 heavy (non-hydrogen) atoms. The van der Waals surface area contributed by atoms with Crippen molar-refractivity contribution in [2.24, 2.45) is 0 Å². The molecule has 0 radical (unpaired) electrons. The second-order valence-corrected chi connectivity index (χ2v) is 8.80. The van der Waals surface area contributed by atoms with Crippen molar-refractivity contribution in [2.75, 3.05) is 23.8 Å². The average molecular weight is 412 g/mol. The molecule has 2 saturated heterocycles. The number of nitrogens with one attached hydrogen (secondary N) is 2. The molecule has 8 heteroatoms. The van der Waals surface area contributed by atoms with Crippen LogP contribution in [0.5, 0.6) is 0 Å². The van der Waals surface area contributed by atoms with E-state index < -0.39 is 12.2 Å². The molecule has 1 aromatic heterocycles. The molecule has 2 aliphatic rings. The highest BCUT2D eigenvalue weighted by atomic mass is 16.6. The third-order valence-electron chi connectivity index (χ3n) is 5.30. The number of benzene rings is 1. The number of aryl methyl sites for hydroxylation is 1. The van der Waals surface area contributed by atoms with Gasteiger partial charge in [-0.25, -0.2) is 14.8 Å². The van der Waals surface area contributed by atoms with Crippen molar-refractivity contribution in [3.05, 3.63) is 47.8 Å². The lowest BCUT2D eigenvalue weighted by atomic mass is 9.92. The third-order valence-corrected chi connectivity index (χ3v) is 5.30. The zero-order valence-corrected chi connectivity index (χ0v) is 17.7. The van der Waals surface area contributed by atoms with Gasteiger partial charge < -0.3 is 19.5 Å². The summed E-state index contributed by atoms with van der Waals surface area (Å²) in [4.78, 5) is 21.2. The van der Waals surface area contributed by atoms with Crippen molar-refractivity contribution >= 4 is 17.7 Å². The summed E-state index contributed by atoms with van der Waals surface area (Å²) in [5.41, 5.74) is 2.69. The number of amides is 1. The minimum atomic E-state index is -0.519. The van der Waals surface area contributed by atoms with Gasteiger partial charge in [0.2, 0.25) is 5.95 Å². The molecule has 160 valence electrons. The summed E-state index contributed by atoms with van der Waals surface area (Å²) >= 11 is 0. The first-order chi connectivity index (χ1) is 14.3. The smallest absolute Gasteiger partial charge is 0.412 e.